The molecule has 0 bridgehead atoms. The molecule has 1 atom stereocenters. The Morgan fingerprint density at radius 1 is 1.12 bits per heavy atom. The van der Waals surface area contributed by atoms with Gasteiger partial charge in [-0.25, -0.2) is 0 Å². The first-order chi connectivity index (χ1) is 11.3. The molecule has 0 rings (SSSR count). The SMILES string of the molecule is CC(C)C(C)NC(=O)CCCCCN(C)C(=O)/C=C\C=O.O=CO. The lowest BCUT2D eigenvalue weighted by molar-refractivity contribution is -0.125. The van der Waals surface area contributed by atoms with E-state index in [2.05, 4.69) is 19.2 Å². The lowest BCUT2D eigenvalue weighted by atomic mass is 10.1. The van der Waals surface area contributed by atoms with Crippen LogP contribution in [0.3, 0.4) is 0 Å². The molecule has 24 heavy (non-hydrogen) atoms. The van der Waals surface area contributed by atoms with Crippen molar-refractivity contribution in [3.05, 3.63) is 12.2 Å². The van der Waals surface area contributed by atoms with Crippen LogP contribution in [0.25, 0.3) is 0 Å². The van der Waals surface area contributed by atoms with E-state index in [4.69, 9.17) is 9.90 Å². The molecule has 0 heterocycles. The molecule has 0 saturated heterocycles. The van der Waals surface area contributed by atoms with Crippen molar-refractivity contribution in [2.24, 2.45) is 5.92 Å². The molecule has 7 nitrogen and oxygen atoms in total. The first-order valence-corrected chi connectivity index (χ1v) is 8.04. The van der Waals surface area contributed by atoms with Crippen LogP contribution < -0.4 is 5.32 Å². The number of rotatable bonds is 10. The molecule has 0 aromatic rings. The van der Waals surface area contributed by atoms with Crippen molar-refractivity contribution in [2.45, 2.75) is 52.5 Å². The number of hydrogen-bond acceptors (Lipinski definition) is 4. The normalized spacial score (nSPS) is 11.4. The third-order valence-corrected chi connectivity index (χ3v) is 3.48. The standard InChI is InChI=1S/C16H28N2O3.CH2O2/c1-13(2)14(3)17-15(20)9-6-5-7-11-18(4)16(21)10-8-12-19;2-1-3/h8,10,12-14H,5-7,9,11H2,1-4H3,(H,17,20);1H,(H,2,3)/b10-8-;. The highest BCUT2D eigenvalue weighted by Crippen LogP contribution is 2.04. The third-order valence-electron chi connectivity index (χ3n) is 3.48. The molecule has 0 aromatic heterocycles. The van der Waals surface area contributed by atoms with Crippen LogP contribution in [-0.2, 0) is 19.2 Å². The van der Waals surface area contributed by atoms with Crippen LogP contribution in [0.5, 0.6) is 0 Å². The van der Waals surface area contributed by atoms with Gasteiger partial charge in [0.15, 0.2) is 0 Å². The number of nitrogens with one attached hydrogen (secondary N) is 1. The Morgan fingerprint density at radius 2 is 1.71 bits per heavy atom. The summed E-state index contributed by atoms with van der Waals surface area (Å²) < 4.78 is 0. The first-order valence-electron chi connectivity index (χ1n) is 8.04. The highest BCUT2D eigenvalue weighted by Gasteiger charge is 2.10. The second-order valence-electron chi connectivity index (χ2n) is 5.77. The third kappa shape index (κ3) is 14.7. The van der Waals surface area contributed by atoms with E-state index in [1.165, 1.54) is 12.2 Å². The summed E-state index contributed by atoms with van der Waals surface area (Å²) in [7, 11) is 1.70. The number of aldehydes is 1. The van der Waals surface area contributed by atoms with E-state index >= 15 is 0 Å². The fraction of sp³-hybridized carbons (Fsp3) is 0.647. The smallest absolute Gasteiger partial charge is 0.290 e. The summed E-state index contributed by atoms with van der Waals surface area (Å²) in [4.78, 5) is 43.2. The molecule has 0 aliphatic heterocycles. The lowest BCUT2D eigenvalue weighted by Crippen LogP contribution is -2.35. The Labute approximate surface area is 144 Å². The van der Waals surface area contributed by atoms with Crippen LogP contribution in [0.4, 0.5) is 0 Å². The molecule has 138 valence electrons. The van der Waals surface area contributed by atoms with Crippen molar-refractivity contribution in [1.82, 2.24) is 10.2 Å². The maximum Gasteiger partial charge on any atom is 0.290 e. The van der Waals surface area contributed by atoms with Gasteiger partial charge in [-0.15, -0.1) is 0 Å². The van der Waals surface area contributed by atoms with E-state index in [0.717, 1.165) is 19.3 Å². The summed E-state index contributed by atoms with van der Waals surface area (Å²) in [5.41, 5.74) is 0. The maximum atomic E-state index is 11.7. The van der Waals surface area contributed by atoms with Crippen molar-refractivity contribution in [1.29, 1.82) is 0 Å². The van der Waals surface area contributed by atoms with Crippen molar-refractivity contribution in [2.75, 3.05) is 13.6 Å². The van der Waals surface area contributed by atoms with Gasteiger partial charge < -0.3 is 15.3 Å². The average molecular weight is 342 g/mol. The summed E-state index contributed by atoms with van der Waals surface area (Å²) in [6.45, 7) is 6.55. The number of allylic oxidation sites excluding steroid dienone is 1. The van der Waals surface area contributed by atoms with Gasteiger partial charge in [-0.05, 0) is 31.8 Å². The zero-order valence-corrected chi connectivity index (χ0v) is 15.0. The van der Waals surface area contributed by atoms with Gasteiger partial charge in [0.2, 0.25) is 11.8 Å². The van der Waals surface area contributed by atoms with E-state index in [0.29, 0.717) is 25.2 Å². The predicted octanol–water partition coefficient (Wildman–Crippen LogP) is 1.62. The highest BCUT2D eigenvalue weighted by atomic mass is 16.3. The van der Waals surface area contributed by atoms with E-state index in [9.17, 15) is 14.4 Å². The molecule has 2 N–H and O–H groups in total. The first kappa shape index (κ1) is 24.1. The molecule has 0 fully saturated rings. The van der Waals surface area contributed by atoms with Gasteiger partial charge in [-0.3, -0.25) is 19.2 Å². The molecule has 0 spiro atoms. The number of likely N-dealkylation sites (N-methyl/N-ethyl adjacent to an activating group) is 1. The molecule has 0 aliphatic rings. The second-order valence-corrected chi connectivity index (χ2v) is 5.77. The van der Waals surface area contributed by atoms with E-state index in [1.807, 2.05) is 6.92 Å². The monoisotopic (exact) mass is 342 g/mol. The fourth-order valence-electron chi connectivity index (χ4n) is 1.66. The number of unbranched alkanes of at least 4 members (excludes halogenated alkanes) is 2. The average Bonchev–Trinajstić information content (AvgIpc) is 2.52. The van der Waals surface area contributed by atoms with Crippen LogP contribution in [0.1, 0.15) is 46.5 Å². The Bertz CT molecular complexity index is 408. The molecule has 1 unspecified atom stereocenters. The van der Waals surface area contributed by atoms with Crippen LogP contribution in [0.2, 0.25) is 0 Å². The highest BCUT2D eigenvalue weighted by molar-refractivity contribution is 5.90. The van der Waals surface area contributed by atoms with E-state index in [-0.39, 0.29) is 24.3 Å². The van der Waals surface area contributed by atoms with Gasteiger partial charge in [-0.2, -0.15) is 0 Å². The Morgan fingerprint density at radius 3 is 2.21 bits per heavy atom. The number of amides is 2. The number of nitrogens with zero attached hydrogens (tertiary/aromatic N) is 1. The van der Waals surface area contributed by atoms with Crippen molar-refractivity contribution < 1.29 is 24.3 Å². The van der Waals surface area contributed by atoms with Crippen LogP contribution in [0.15, 0.2) is 12.2 Å². The summed E-state index contributed by atoms with van der Waals surface area (Å²) in [6, 6.07) is 0.200. The maximum absolute atomic E-state index is 11.7. The van der Waals surface area contributed by atoms with Crippen LogP contribution >= 0.6 is 0 Å². The molecule has 0 saturated carbocycles. The lowest BCUT2D eigenvalue weighted by Gasteiger charge is -2.17. The molecule has 0 radical (unpaired) electrons. The number of hydrogen-bond donors (Lipinski definition) is 2. The molecule has 7 heteroatoms. The largest absolute Gasteiger partial charge is 0.483 e. The molecule has 2 amide bonds. The zero-order chi connectivity index (χ0) is 19.0. The van der Waals surface area contributed by atoms with E-state index < -0.39 is 0 Å². The van der Waals surface area contributed by atoms with Gasteiger partial charge in [0, 0.05) is 32.1 Å². The van der Waals surface area contributed by atoms with Gasteiger partial charge in [0.05, 0.1) is 0 Å². The molecular formula is C17H30N2O5. The quantitative estimate of drug-likeness (QED) is 0.357. The minimum Gasteiger partial charge on any atom is -0.483 e. The topological polar surface area (TPSA) is 104 Å². The Kier molecular flexibility index (Phi) is 15.8. The van der Waals surface area contributed by atoms with Gasteiger partial charge in [0.25, 0.3) is 6.47 Å². The van der Waals surface area contributed by atoms with Crippen molar-refractivity contribution in [3.8, 4) is 0 Å². The van der Waals surface area contributed by atoms with Crippen molar-refractivity contribution in [3.63, 3.8) is 0 Å². The summed E-state index contributed by atoms with van der Waals surface area (Å²) in [6.07, 6.45) is 6.14. The second kappa shape index (κ2) is 15.7. The van der Waals surface area contributed by atoms with Crippen LogP contribution in [-0.4, -0.2) is 54.2 Å². The fourth-order valence-corrected chi connectivity index (χ4v) is 1.66. The molecule has 0 aromatic carbocycles. The minimum absolute atomic E-state index is 0.0922. The predicted molar refractivity (Wildman–Crippen MR) is 92.4 cm³/mol. The van der Waals surface area contributed by atoms with Gasteiger partial charge >= 0.3 is 0 Å². The zero-order valence-electron chi connectivity index (χ0n) is 15.0. The number of carbonyl (C=O) groups excluding carboxylic acids is 3. The Hall–Kier alpha value is -2.18. The number of carbonyl (C=O) groups is 4. The van der Waals surface area contributed by atoms with Gasteiger partial charge in [-0.1, -0.05) is 20.3 Å². The van der Waals surface area contributed by atoms with Crippen LogP contribution in [0, 0.1) is 5.92 Å². The summed E-state index contributed by atoms with van der Waals surface area (Å²) in [5.74, 6) is 0.355. The number of carboxylic acid groups (broad SMARTS) is 1. The minimum atomic E-state index is -0.250. The van der Waals surface area contributed by atoms with Crippen molar-refractivity contribution >= 4 is 24.6 Å². The molecular weight excluding hydrogens is 312 g/mol. The van der Waals surface area contributed by atoms with Gasteiger partial charge in [0.1, 0.15) is 6.29 Å². The van der Waals surface area contributed by atoms with E-state index in [1.54, 1.807) is 11.9 Å². The molecule has 0 aliphatic carbocycles. The summed E-state index contributed by atoms with van der Waals surface area (Å²) >= 11 is 0. The Balaban J connectivity index is 0. The summed E-state index contributed by atoms with van der Waals surface area (Å²) in [5, 5.41) is 9.86.